The molecule has 2 amide bonds. The Kier molecular flexibility index (Phi) is 7.24. The van der Waals surface area contributed by atoms with E-state index in [1.807, 2.05) is 34.3 Å². The molecule has 13 nitrogen and oxygen atoms in total. The molecule has 0 aromatic carbocycles. The van der Waals surface area contributed by atoms with Crippen molar-refractivity contribution in [2.75, 3.05) is 11.5 Å². The zero-order valence-electron chi connectivity index (χ0n) is 21.0. The maximum absolute atomic E-state index is 13.2. The molecule has 16 heteroatoms. The topological polar surface area (TPSA) is 191 Å². The number of aromatic nitrogens is 2. The van der Waals surface area contributed by atoms with Crippen LogP contribution in [0.15, 0.2) is 51.6 Å². The highest BCUT2D eigenvalue weighted by Crippen LogP contribution is 2.40. The molecule has 5 heterocycles. The smallest absolute Gasteiger partial charge is 0.350 e. The van der Waals surface area contributed by atoms with E-state index in [1.165, 1.54) is 31.0 Å². The monoisotopic (exact) mass is 602 g/mol. The van der Waals surface area contributed by atoms with Gasteiger partial charge in [0.05, 0.1) is 16.4 Å². The highest BCUT2D eigenvalue weighted by molar-refractivity contribution is 8.00. The normalized spacial score (nSPS) is 19.3. The number of oxime groups is 1. The molecule has 2 aliphatic rings. The summed E-state index contributed by atoms with van der Waals surface area (Å²) in [6.45, 7) is 2.74. The molecular weight excluding hydrogens is 581 g/mol. The number of nitrogen functional groups attached to an aromatic ring is 1. The van der Waals surface area contributed by atoms with Crippen molar-refractivity contribution in [3.8, 4) is 0 Å². The van der Waals surface area contributed by atoms with E-state index < -0.39 is 40.8 Å². The van der Waals surface area contributed by atoms with Crippen LogP contribution in [-0.4, -0.2) is 67.2 Å². The Labute approximate surface area is 238 Å². The number of carbonyl (C=O) groups excluding carboxylic acids is 3. The predicted molar refractivity (Wildman–Crippen MR) is 145 cm³/mol. The molecule has 4 N–H and O–H groups in total. The Hall–Kier alpha value is -4.02. The number of nitrogens with zero attached hydrogens (tertiary/aromatic N) is 4. The third-order valence-electron chi connectivity index (χ3n) is 6.24. The van der Waals surface area contributed by atoms with Crippen LogP contribution < -0.4 is 20.7 Å². The summed E-state index contributed by atoms with van der Waals surface area (Å²) in [7, 11) is 0. The first kappa shape index (κ1) is 27.5. The summed E-state index contributed by atoms with van der Waals surface area (Å²) in [4.78, 5) is 60.2. The second kappa shape index (κ2) is 10.5. The molecular formula is C24H22N6O7S3. The van der Waals surface area contributed by atoms with Crippen LogP contribution in [0.2, 0.25) is 0 Å². The minimum absolute atomic E-state index is 0.0263. The summed E-state index contributed by atoms with van der Waals surface area (Å²) < 4.78 is 2.95. The van der Waals surface area contributed by atoms with Crippen molar-refractivity contribution in [2.24, 2.45) is 5.16 Å². The van der Waals surface area contributed by atoms with Crippen LogP contribution in [0.5, 0.6) is 0 Å². The molecule has 1 fully saturated rings. The molecule has 1 saturated heterocycles. The van der Waals surface area contributed by atoms with E-state index in [-0.39, 0.29) is 34.5 Å². The van der Waals surface area contributed by atoms with Crippen LogP contribution >= 0.6 is 34.4 Å². The third kappa shape index (κ3) is 5.00. The highest BCUT2D eigenvalue weighted by Gasteiger charge is 2.53. The van der Waals surface area contributed by atoms with Gasteiger partial charge in [-0.2, -0.15) is 4.57 Å². The van der Waals surface area contributed by atoms with Gasteiger partial charge in [0.25, 0.3) is 11.8 Å². The Balaban J connectivity index is 1.38. The van der Waals surface area contributed by atoms with Gasteiger partial charge in [0.1, 0.15) is 17.1 Å². The molecule has 3 aromatic heterocycles. The summed E-state index contributed by atoms with van der Waals surface area (Å²) in [5.41, 5.74) is 4.80. The molecule has 2 aliphatic heterocycles. The van der Waals surface area contributed by atoms with Gasteiger partial charge in [-0.05, 0) is 25.3 Å². The van der Waals surface area contributed by atoms with Gasteiger partial charge in [0, 0.05) is 28.8 Å². The van der Waals surface area contributed by atoms with Gasteiger partial charge in [-0.25, -0.2) is 9.78 Å². The predicted octanol–water partition coefficient (Wildman–Crippen LogP) is -0.0845. The molecule has 40 heavy (non-hydrogen) atoms. The molecule has 208 valence electrons. The number of amides is 2. The molecule has 0 radical (unpaired) electrons. The summed E-state index contributed by atoms with van der Waals surface area (Å²) in [6.07, 6.45) is 1.84. The van der Waals surface area contributed by atoms with Crippen LogP contribution in [0.1, 0.15) is 19.5 Å². The fraction of sp³-hybridized carbons (Fsp3) is 0.292. The van der Waals surface area contributed by atoms with Crippen LogP contribution in [0.4, 0.5) is 5.13 Å². The first-order chi connectivity index (χ1) is 19.0. The van der Waals surface area contributed by atoms with Crippen molar-refractivity contribution in [1.29, 1.82) is 0 Å². The summed E-state index contributed by atoms with van der Waals surface area (Å²) >= 11 is 3.90. The molecule has 0 saturated carbocycles. The summed E-state index contributed by atoms with van der Waals surface area (Å²) in [5.74, 6) is -4.01. The lowest BCUT2D eigenvalue weighted by Crippen LogP contribution is -2.71. The fourth-order valence-electron chi connectivity index (χ4n) is 4.14. The number of fused-ring (bicyclic) bond motifs is 2. The van der Waals surface area contributed by atoms with E-state index in [1.54, 1.807) is 11.3 Å². The quantitative estimate of drug-likeness (QED) is 0.129. The van der Waals surface area contributed by atoms with Crippen molar-refractivity contribution in [1.82, 2.24) is 15.2 Å². The zero-order valence-corrected chi connectivity index (χ0v) is 23.5. The summed E-state index contributed by atoms with van der Waals surface area (Å²) in [6, 6.07) is 4.70. The van der Waals surface area contributed by atoms with Gasteiger partial charge < -0.3 is 30.9 Å². The van der Waals surface area contributed by atoms with E-state index in [0.717, 1.165) is 26.5 Å². The van der Waals surface area contributed by atoms with E-state index in [9.17, 15) is 29.4 Å². The number of nitrogens with two attached hydrogens (primary N) is 1. The standard InChI is InChI=1S/C24H22N6O7S3/c1-24(2,22(35)36)37-28-15(12-10-40-23(25)26-12)18(31)27-16-19(32)30-17(21(33)34)11(9-39-20(16)30)8-29-6-3-4-14-13(29)5-7-38-14/h3-7,10,16,20H,8-9H2,1-2H3,(H4-,25,26,27,31,33,34,35,36)/b28-15+. The van der Waals surface area contributed by atoms with Crippen LogP contribution in [0.3, 0.4) is 0 Å². The number of thioether (sulfide) groups is 1. The molecule has 5 rings (SSSR count). The van der Waals surface area contributed by atoms with Gasteiger partial charge in [-0.15, -0.1) is 34.4 Å². The maximum atomic E-state index is 13.2. The minimum atomic E-state index is -1.76. The Bertz CT molecular complexity index is 1610. The number of rotatable bonds is 9. The number of carboxylic acids is 2. The van der Waals surface area contributed by atoms with E-state index in [0.29, 0.717) is 5.57 Å². The first-order valence-electron chi connectivity index (χ1n) is 11.7. The number of anilines is 1. The van der Waals surface area contributed by atoms with Crippen molar-refractivity contribution in [2.45, 2.75) is 37.4 Å². The lowest BCUT2D eigenvalue weighted by molar-refractivity contribution is -0.663. The van der Waals surface area contributed by atoms with E-state index in [2.05, 4.69) is 15.5 Å². The molecule has 0 bridgehead atoms. The fourth-order valence-corrected chi connectivity index (χ4v) is 6.83. The van der Waals surface area contributed by atoms with E-state index >= 15 is 0 Å². The molecule has 3 aromatic rings. The van der Waals surface area contributed by atoms with Crippen molar-refractivity contribution < 1.29 is 38.8 Å². The van der Waals surface area contributed by atoms with Crippen molar-refractivity contribution >= 4 is 79.2 Å². The number of carboxylic acid groups (broad SMARTS) is 2. The van der Waals surface area contributed by atoms with Crippen molar-refractivity contribution in [3.63, 3.8) is 0 Å². The summed E-state index contributed by atoms with van der Waals surface area (Å²) in [5, 5.41) is 30.6. The lowest BCUT2D eigenvalue weighted by atomic mass is 10.0. The number of pyridine rings is 1. The second-order valence-electron chi connectivity index (χ2n) is 9.32. The molecule has 0 spiro atoms. The van der Waals surface area contributed by atoms with Gasteiger partial charge >= 0.3 is 5.97 Å². The number of hydrogen-bond acceptors (Lipinski definition) is 12. The average molecular weight is 603 g/mol. The van der Waals surface area contributed by atoms with Gasteiger partial charge in [0.15, 0.2) is 23.6 Å². The van der Waals surface area contributed by atoms with Gasteiger partial charge in [0.2, 0.25) is 11.1 Å². The van der Waals surface area contributed by atoms with Gasteiger partial charge in [-0.1, -0.05) is 5.16 Å². The Morgan fingerprint density at radius 3 is 2.80 bits per heavy atom. The SMILES string of the molecule is CC(C)(O/N=C(/C(=O)NC1C(=O)N2C(C(=O)[O-])=C(C[n+]3cccc4sccc43)CSC12)c1csc(N)n1)C(=O)O. The van der Waals surface area contributed by atoms with Gasteiger partial charge in [-0.3, -0.25) is 14.5 Å². The van der Waals surface area contributed by atoms with Crippen LogP contribution in [0, 0.1) is 0 Å². The number of β-lactam (4-membered cyclic amide) rings is 1. The minimum Gasteiger partial charge on any atom is -0.543 e. The number of thiazole rings is 1. The molecule has 0 aliphatic carbocycles. The maximum Gasteiger partial charge on any atom is 0.350 e. The largest absolute Gasteiger partial charge is 0.543 e. The highest BCUT2D eigenvalue weighted by atomic mass is 32.2. The number of hydrogen-bond donors (Lipinski definition) is 3. The van der Waals surface area contributed by atoms with Crippen LogP contribution in [0.25, 0.3) is 10.2 Å². The molecule has 2 unspecified atom stereocenters. The third-order valence-corrected chi connectivity index (χ3v) is 9.13. The average Bonchev–Trinajstić information content (AvgIpc) is 3.56. The number of aliphatic carboxylic acids is 2. The van der Waals surface area contributed by atoms with Crippen molar-refractivity contribution in [3.05, 3.63) is 52.1 Å². The first-order valence-corrected chi connectivity index (χ1v) is 14.5. The lowest BCUT2D eigenvalue weighted by Gasteiger charge is -2.50. The second-order valence-corrected chi connectivity index (χ2v) is 12.3. The zero-order chi connectivity index (χ0) is 28.8. The molecule has 2 atom stereocenters. The number of carbonyl (C=O) groups is 4. The number of nitrogens with one attached hydrogen (secondary N) is 1. The van der Waals surface area contributed by atoms with E-state index in [4.69, 9.17) is 10.6 Å². The Morgan fingerprint density at radius 1 is 1.35 bits per heavy atom. The number of thiophene rings is 1. The Morgan fingerprint density at radius 2 is 2.12 bits per heavy atom. The van der Waals surface area contributed by atoms with Crippen LogP contribution in [-0.2, 0) is 30.6 Å².